The third-order valence-corrected chi connectivity index (χ3v) is 4.76. The molecule has 1 heterocycles. The molecule has 0 amide bonds. The van der Waals surface area contributed by atoms with Crippen molar-refractivity contribution in [2.75, 3.05) is 0 Å². The minimum atomic E-state index is -0.855. The quantitative estimate of drug-likeness (QED) is 0.306. The molecule has 0 saturated carbocycles. The lowest BCUT2D eigenvalue weighted by Gasteiger charge is -2.15. The molecule has 3 aromatic carbocycles. The lowest BCUT2D eigenvalue weighted by molar-refractivity contribution is 0.0277. The Morgan fingerprint density at radius 2 is 1.39 bits per heavy atom. The third kappa shape index (κ3) is 4.59. The first-order chi connectivity index (χ1) is 15.2. The smallest absolute Gasteiger partial charge is 0.338 e. The Kier molecular flexibility index (Phi) is 5.98. The van der Waals surface area contributed by atoms with Gasteiger partial charge in [0, 0.05) is 16.7 Å². The molecule has 0 saturated heterocycles. The van der Waals surface area contributed by atoms with Crippen LogP contribution in [0.4, 0.5) is 0 Å². The van der Waals surface area contributed by atoms with Crippen molar-refractivity contribution < 1.29 is 18.7 Å². The van der Waals surface area contributed by atoms with Crippen LogP contribution in [0.3, 0.4) is 0 Å². The summed E-state index contributed by atoms with van der Waals surface area (Å²) in [6, 6.07) is 24.9. The predicted molar refractivity (Wildman–Crippen MR) is 115 cm³/mol. The Labute approximate surface area is 179 Å². The molecule has 4 rings (SSSR count). The highest BCUT2D eigenvalue weighted by atomic mass is 16.5. The number of esters is 1. The summed E-state index contributed by atoms with van der Waals surface area (Å²) in [4.78, 5) is 25.4. The van der Waals surface area contributed by atoms with Crippen LogP contribution in [-0.4, -0.2) is 28.1 Å². The van der Waals surface area contributed by atoms with Gasteiger partial charge < -0.3 is 9.15 Å². The Morgan fingerprint density at radius 3 is 2.06 bits per heavy atom. The summed E-state index contributed by atoms with van der Waals surface area (Å²) < 4.78 is 11.3. The molecule has 4 aromatic rings. The van der Waals surface area contributed by atoms with Gasteiger partial charge in [-0.1, -0.05) is 61.5 Å². The van der Waals surface area contributed by atoms with Gasteiger partial charge in [-0.15, -0.1) is 10.2 Å². The number of Topliss-reactive ketones (excluding diaryl/α,β-unsaturated/α-hetero) is 1. The number of ketones is 1. The number of carbonyl (C=O) groups is 2. The average molecular weight is 412 g/mol. The van der Waals surface area contributed by atoms with Gasteiger partial charge in [-0.2, -0.15) is 0 Å². The maximum Gasteiger partial charge on any atom is 0.338 e. The average Bonchev–Trinajstić information content (AvgIpc) is 3.34. The Balaban J connectivity index is 1.52. The molecule has 0 unspecified atom stereocenters. The van der Waals surface area contributed by atoms with Crippen LogP contribution in [0.15, 0.2) is 89.3 Å². The number of benzene rings is 3. The van der Waals surface area contributed by atoms with E-state index in [1.807, 2.05) is 36.4 Å². The summed E-state index contributed by atoms with van der Waals surface area (Å²) in [5, 5.41) is 8.16. The van der Waals surface area contributed by atoms with Crippen molar-refractivity contribution >= 4 is 11.8 Å². The van der Waals surface area contributed by atoms with E-state index in [0.29, 0.717) is 34.9 Å². The minimum Gasteiger partial charge on any atom is -0.450 e. The molecule has 0 N–H and O–H groups in total. The Hall–Kier alpha value is -4.06. The van der Waals surface area contributed by atoms with Crippen LogP contribution in [0.2, 0.25) is 0 Å². The molecule has 0 radical (unpaired) electrons. The van der Waals surface area contributed by atoms with Crippen molar-refractivity contribution in [1.29, 1.82) is 0 Å². The second kappa shape index (κ2) is 9.17. The van der Waals surface area contributed by atoms with Gasteiger partial charge in [0.25, 0.3) is 0 Å². The molecule has 1 atom stereocenters. The van der Waals surface area contributed by atoms with E-state index in [0.717, 1.165) is 5.56 Å². The molecular formula is C25H20N2O4. The highest BCUT2D eigenvalue weighted by molar-refractivity contribution is 6.01. The van der Waals surface area contributed by atoms with Crippen LogP contribution in [-0.2, 0) is 4.74 Å². The fourth-order valence-corrected chi connectivity index (χ4v) is 3.12. The van der Waals surface area contributed by atoms with Gasteiger partial charge in [-0.05, 0) is 36.8 Å². The van der Waals surface area contributed by atoms with Crippen LogP contribution in [0.25, 0.3) is 22.9 Å². The summed E-state index contributed by atoms with van der Waals surface area (Å²) in [6.45, 7) is 1.80. The molecule has 31 heavy (non-hydrogen) atoms. The molecule has 6 heteroatoms. The first-order valence-electron chi connectivity index (χ1n) is 9.95. The van der Waals surface area contributed by atoms with Crippen molar-refractivity contribution in [3.8, 4) is 22.9 Å². The van der Waals surface area contributed by atoms with Crippen molar-refractivity contribution in [3.05, 3.63) is 96.1 Å². The maximum absolute atomic E-state index is 12.7. The second-order valence-electron chi connectivity index (χ2n) is 6.89. The molecule has 0 spiro atoms. The first-order valence-corrected chi connectivity index (χ1v) is 9.95. The summed E-state index contributed by atoms with van der Waals surface area (Å²) in [5.74, 6) is -0.123. The van der Waals surface area contributed by atoms with Gasteiger partial charge in [-0.3, -0.25) is 4.79 Å². The lowest BCUT2D eigenvalue weighted by atomic mass is 10.0. The van der Waals surface area contributed by atoms with Crippen LogP contribution >= 0.6 is 0 Å². The van der Waals surface area contributed by atoms with Gasteiger partial charge in [0.1, 0.15) is 0 Å². The number of rotatable bonds is 7. The SMILES string of the molecule is CC[C@H](OC(=O)c1cccc(-c2nnc(-c3ccccc3)o2)c1)C(=O)c1ccccc1. The van der Waals surface area contributed by atoms with E-state index in [2.05, 4.69) is 10.2 Å². The van der Waals surface area contributed by atoms with Crippen LogP contribution in [0, 0.1) is 0 Å². The van der Waals surface area contributed by atoms with Crippen molar-refractivity contribution in [1.82, 2.24) is 10.2 Å². The minimum absolute atomic E-state index is 0.225. The van der Waals surface area contributed by atoms with Gasteiger partial charge in [-0.25, -0.2) is 4.79 Å². The molecule has 6 nitrogen and oxygen atoms in total. The van der Waals surface area contributed by atoms with E-state index < -0.39 is 12.1 Å². The monoisotopic (exact) mass is 412 g/mol. The van der Waals surface area contributed by atoms with Crippen LogP contribution in [0.1, 0.15) is 34.1 Å². The fraction of sp³-hybridized carbons (Fsp3) is 0.120. The summed E-state index contributed by atoms with van der Waals surface area (Å²) in [5.41, 5.74) is 2.21. The van der Waals surface area contributed by atoms with E-state index in [1.54, 1.807) is 55.5 Å². The van der Waals surface area contributed by atoms with E-state index in [4.69, 9.17) is 9.15 Å². The zero-order valence-electron chi connectivity index (χ0n) is 16.9. The molecule has 0 aliphatic heterocycles. The number of aromatic nitrogens is 2. The van der Waals surface area contributed by atoms with Gasteiger partial charge in [0.15, 0.2) is 6.10 Å². The lowest BCUT2D eigenvalue weighted by Crippen LogP contribution is -2.26. The van der Waals surface area contributed by atoms with Crippen LogP contribution in [0.5, 0.6) is 0 Å². The Morgan fingerprint density at radius 1 is 0.806 bits per heavy atom. The van der Waals surface area contributed by atoms with Crippen molar-refractivity contribution in [3.63, 3.8) is 0 Å². The molecule has 154 valence electrons. The zero-order valence-corrected chi connectivity index (χ0v) is 16.9. The maximum atomic E-state index is 12.7. The van der Waals surface area contributed by atoms with E-state index >= 15 is 0 Å². The van der Waals surface area contributed by atoms with E-state index in [9.17, 15) is 9.59 Å². The molecule has 0 aliphatic carbocycles. The first kappa shape index (κ1) is 20.2. The molecule has 0 aliphatic rings. The number of hydrogen-bond acceptors (Lipinski definition) is 6. The highest BCUT2D eigenvalue weighted by Gasteiger charge is 2.23. The summed E-state index contributed by atoms with van der Waals surface area (Å²) >= 11 is 0. The van der Waals surface area contributed by atoms with Gasteiger partial charge >= 0.3 is 5.97 Å². The normalized spacial score (nSPS) is 11.6. The van der Waals surface area contributed by atoms with Crippen LogP contribution < -0.4 is 0 Å². The van der Waals surface area contributed by atoms with Crippen molar-refractivity contribution in [2.24, 2.45) is 0 Å². The van der Waals surface area contributed by atoms with E-state index in [1.165, 1.54) is 0 Å². The topological polar surface area (TPSA) is 82.3 Å². The third-order valence-electron chi connectivity index (χ3n) is 4.76. The number of hydrogen-bond donors (Lipinski definition) is 0. The molecule has 1 aromatic heterocycles. The number of nitrogens with zero attached hydrogens (tertiary/aromatic N) is 2. The molecule has 0 bridgehead atoms. The summed E-state index contributed by atoms with van der Waals surface area (Å²) in [7, 11) is 0. The largest absolute Gasteiger partial charge is 0.450 e. The predicted octanol–water partition coefficient (Wildman–Crippen LogP) is 5.22. The molecule has 0 fully saturated rings. The Bertz CT molecular complexity index is 1190. The zero-order chi connectivity index (χ0) is 21.6. The number of carbonyl (C=O) groups excluding carboxylic acids is 2. The highest BCUT2D eigenvalue weighted by Crippen LogP contribution is 2.25. The second-order valence-corrected chi connectivity index (χ2v) is 6.89. The summed E-state index contributed by atoms with van der Waals surface area (Å²) in [6.07, 6.45) is -0.477. The molecular weight excluding hydrogens is 392 g/mol. The van der Waals surface area contributed by atoms with Gasteiger partial charge in [0.2, 0.25) is 17.6 Å². The van der Waals surface area contributed by atoms with Gasteiger partial charge in [0.05, 0.1) is 5.56 Å². The van der Waals surface area contributed by atoms with E-state index in [-0.39, 0.29) is 5.78 Å². The standard InChI is InChI=1S/C25H20N2O4/c1-2-21(22(28)17-10-5-3-6-11-17)30-25(29)20-15-9-14-19(16-20)24-27-26-23(31-24)18-12-7-4-8-13-18/h3-16,21H,2H2,1H3/t21-/m0/s1. The fourth-order valence-electron chi connectivity index (χ4n) is 3.12. The number of ether oxygens (including phenoxy) is 1. The van der Waals surface area contributed by atoms with Crippen molar-refractivity contribution in [2.45, 2.75) is 19.4 Å².